The zero-order valence-corrected chi connectivity index (χ0v) is 16.7. The van der Waals surface area contributed by atoms with E-state index in [-0.39, 0.29) is 17.8 Å². The quantitative estimate of drug-likeness (QED) is 0.512. The van der Waals surface area contributed by atoms with Gasteiger partial charge in [0, 0.05) is 30.8 Å². The van der Waals surface area contributed by atoms with Crippen molar-refractivity contribution in [3.63, 3.8) is 0 Å². The molecule has 8 nitrogen and oxygen atoms in total. The first kappa shape index (κ1) is 17.9. The SMILES string of the molecule is Cn1c(=O)c2c(-c3ccc4c(c3)OCO4)c3c(nc2n(C)c1=O)-c1ccccc1C3O. The summed E-state index contributed by atoms with van der Waals surface area (Å²) in [6.07, 6.45) is -0.953. The number of pyridine rings is 1. The number of nitrogens with zero attached hydrogens (tertiary/aromatic N) is 3. The normalized spacial score (nSPS) is 15.9. The first-order valence-electron chi connectivity index (χ1n) is 9.78. The average Bonchev–Trinajstić information content (AvgIpc) is 3.37. The van der Waals surface area contributed by atoms with Gasteiger partial charge in [-0.3, -0.25) is 13.9 Å². The van der Waals surface area contributed by atoms with Crippen molar-refractivity contribution in [2.45, 2.75) is 6.10 Å². The molecule has 3 heterocycles. The number of hydrogen-bond donors (Lipinski definition) is 1. The molecule has 0 radical (unpaired) electrons. The minimum absolute atomic E-state index is 0.123. The van der Waals surface area contributed by atoms with Crippen LogP contribution in [-0.2, 0) is 14.1 Å². The molecule has 31 heavy (non-hydrogen) atoms. The molecular weight excluding hydrogens is 398 g/mol. The van der Waals surface area contributed by atoms with Gasteiger partial charge in [-0.1, -0.05) is 30.3 Å². The molecule has 2 aromatic heterocycles. The van der Waals surface area contributed by atoms with Gasteiger partial charge in [-0.15, -0.1) is 0 Å². The van der Waals surface area contributed by atoms with Crippen LogP contribution in [-0.4, -0.2) is 26.0 Å². The second kappa shape index (κ2) is 6.05. The number of aromatic nitrogens is 3. The molecule has 8 heteroatoms. The second-order valence-electron chi connectivity index (χ2n) is 7.71. The highest BCUT2D eigenvalue weighted by molar-refractivity contribution is 6.00. The molecule has 6 rings (SSSR count). The van der Waals surface area contributed by atoms with Crippen LogP contribution in [0.4, 0.5) is 0 Å². The molecule has 1 aliphatic heterocycles. The zero-order valence-electron chi connectivity index (χ0n) is 16.7. The van der Waals surface area contributed by atoms with Crippen molar-refractivity contribution < 1.29 is 14.6 Å². The summed E-state index contributed by atoms with van der Waals surface area (Å²) < 4.78 is 13.4. The van der Waals surface area contributed by atoms with Gasteiger partial charge in [0.05, 0.1) is 11.1 Å². The maximum Gasteiger partial charge on any atom is 0.332 e. The zero-order chi connectivity index (χ0) is 21.4. The third-order valence-corrected chi connectivity index (χ3v) is 6.07. The van der Waals surface area contributed by atoms with Gasteiger partial charge < -0.3 is 14.6 Å². The Kier molecular flexibility index (Phi) is 3.50. The number of aryl methyl sites for hydroxylation is 1. The largest absolute Gasteiger partial charge is 0.454 e. The molecule has 1 aliphatic carbocycles. The number of benzene rings is 2. The standard InChI is InChI=1S/C23H17N3O5/c1-25-21-18(22(28)26(2)23(25)29)16(11-7-8-14-15(9-11)31-10-30-14)17-19(24-21)12-5-3-4-6-13(12)20(17)27/h3-9,20,27H,10H2,1-2H3. The van der Waals surface area contributed by atoms with Crippen LogP contribution < -0.4 is 20.7 Å². The summed E-state index contributed by atoms with van der Waals surface area (Å²) in [6.45, 7) is 0.123. The van der Waals surface area contributed by atoms with E-state index in [1.54, 1.807) is 19.2 Å². The fourth-order valence-electron chi connectivity index (χ4n) is 4.53. The lowest BCUT2D eigenvalue weighted by Crippen LogP contribution is -2.37. The van der Waals surface area contributed by atoms with Gasteiger partial charge in [0.15, 0.2) is 17.1 Å². The highest BCUT2D eigenvalue weighted by Gasteiger charge is 2.34. The van der Waals surface area contributed by atoms with Crippen LogP contribution in [0.25, 0.3) is 33.4 Å². The van der Waals surface area contributed by atoms with Crippen molar-refractivity contribution in [2.75, 3.05) is 6.79 Å². The van der Waals surface area contributed by atoms with Crippen LogP contribution in [0.15, 0.2) is 52.1 Å². The Morgan fingerprint density at radius 2 is 1.81 bits per heavy atom. The van der Waals surface area contributed by atoms with Crippen LogP contribution in [0.1, 0.15) is 17.2 Å². The highest BCUT2D eigenvalue weighted by atomic mass is 16.7. The molecule has 2 aliphatic rings. The molecule has 1 N–H and O–H groups in total. The third-order valence-electron chi connectivity index (χ3n) is 6.07. The number of hydrogen-bond acceptors (Lipinski definition) is 6. The molecule has 1 atom stereocenters. The van der Waals surface area contributed by atoms with Crippen molar-refractivity contribution in [1.82, 2.24) is 14.1 Å². The monoisotopic (exact) mass is 415 g/mol. The second-order valence-corrected chi connectivity index (χ2v) is 7.71. The van der Waals surface area contributed by atoms with Crippen LogP contribution in [0.5, 0.6) is 11.5 Å². The fourth-order valence-corrected chi connectivity index (χ4v) is 4.53. The van der Waals surface area contributed by atoms with Gasteiger partial charge in [0.1, 0.15) is 6.10 Å². The van der Waals surface area contributed by atoms with E-state index in [9.17, 15) is 14.7 Å². The van der Waals surface area contributed by atoms with E-state index in [2.05, 4.69) is 0 Å². The van der Waals surface area contributed by atoms with Crippen LogP contribution in [0.2, 0.25) is 0 Å². The molecule has 0 bridgehead atoms. The van der Waals surface area contributed by atoms with Gasteiger partial charge in [-0.2, -0.15) is 0 Å². The van der Waals surface area contributed by atoms with E-state index >= 15 is 0 Å². The van der Waals surface area contributed by atoms with Gasteiger partial charge in [-0.25, -0.2) is 9.78 Å². The van der Waals surface area contributed by atoms with E-state index in [4.69, 9.17) is 14.5 Å². The van der Waals surface area contributed by atoms with Crippen LogP contribution in [0, 0.1) is 0 Å². The summed E-state index contributed by atoms with van der Waals surface area (Å²) in [4.78, 5) is 30.6. The first-order valence-corrected chi connectivity index (χ1v) is 9.78. The molecule has 0 fully saturated rings. The number of aliphatic hydroxyl groups is 1. The Bertz CT molecular complexity index is 1550. The molecule has 1 unspecified atom stereocenters. The van der Waals surface area contributed by atoms with Crippen molar-refractivity contribution >= 4 is 11.0 Å². The predicted molar refractivity (Wildman–Crippen MR) is 113 cm³/mol. The van der Waals surface area contributed by atoms with Crippen molar-refractivity contribution in [2.24, 2.45) is 14.1 Å². The molecule has 4 aromatic rings. The van der Waals surface area contributed by atoms with E-state index in [0.29, 0.717) is 39.4 Å². The maximum absolute atomic E-state index is 13.3. The smallest absolute Gasteiger partial charge is 0.332 e. The van der Waals surface area contributed by atoms with E-state index in [1.807, 2.05) is 30.3 Å². The lowest BCUT2D eigenvalue weighted by atomic mass is 9.94. The minimum Gasteiger partial charge on any atom is -0.454 e. The summed E-state index contributed by atoms with van der Waals surface area (Å²) in [5.74, 6) is 1.17. The van der Waals surface area contributed by atoms with Gasteiger partial charge >= 0.3 is 5.69 Å². The molecular formula is C23H17N3O5. The molecule has 0 saturated heterocycles. The van der Waals surface area contributed by atoms with Gasteiger partial charge in [0.2, 0.25) is 6.79 Å². The number of fused-ring (bicyclic) bond motifs is 5. The van der Waals surface area contributed by atoms with Crippen LogP contribution in [0.3, 0.4) is 0 Å². The van der Waals surface area contributed by atoms with E-state index in [1.165, 1.54) is 11.6 Å². The van der Waals surface area contributed by atoms with Crippen molar-refractivity contribution in [1.29, 1.82) is 0 Å². The molecule has 0 spiro atoms. The Balaban J connectivity index is 1.83. The summed E-state index contributed by atoms with van der Waals surface area (Å²) >= 11 is 0. The highest BCUT2D eigenvalue weighted by Crippen LogP contribution is 2.49. The van der Waals surface area contributed by atoms with Crippen LogP contribution >= 0.6 is 0 Å². The lowest BCUT2D eigenvalue weighted by Gasteiger charge is -2.17. The molecule has 2 aromatic carbocycles. The summed E-state index contributed by atoms with van der Waals surface area (Å²) in [5, 5.41) is 11.5. The predicted octanol–water partition coefficient (Wildman–Crippen LogP) is 2.09. The summed E-state index contributed by atoms with van der Waals surface area (Å²) in [6, 6.07) is 12.8. The number of ether oxygens (including phenoxy) is 2. The number of aliphatic hydroxyl groups excluding tert-OH is 1. The summed E-state index contributed by atoms with van der Waals surface area (Å²) in [5.41, 5.74) is 3.15. The Labute approximate surface area is 175 Å². The minimum atomic E-state index is -0.953. The lowest BCUT2D eigenvalue weighted by molar-refractivity contribution is 0.174. The maximum atomic E-state index is 13.3. The first-order chi connectivity index (χ1) is 15.0. The molecule has 0 saturated carbocycles. The van der Waals surface area contributed by atoms with E-state index in [0.717, 1.165) is 10.1 Å². The Hall–Kier alpha value is -3.91. The Morgan fingerprint density at radius 1 is 1.03 bits per heavy atom. The number of rotatable bonds is 1. The van der Waals surface area contributed by atoms with Crippen molar-refractivity contribution in [3.05, 3.63) is 74.4 Å². The van der Waals surface area contributed by atoms with E-state index < -0.39 is 17.4 Å². The Morgan fingerprint density at radius 3 is 2.65 bits per heavy atom. The molecule has 154 valence electrons. The third kappa shape index (κ3) is 2.25. The molecule has 0 amide bonds. The van der Waals surface area contributed by atoms with Gasteiger partial charge in [-0.05, 0) is 23.3 Å². The van der Waals surface area contributed by atoms with Crippen molar-refractivity contribution in [3.8, 4) is 33.9 Å². The topological polar surface area (TPSA) is 95.6 Å². The van der Waals surface area contributed by atoms with Gasteiger partial charge in [0.25, 0.3) is 5.56 Å². The summed E-state index contributed by atoms with van der Waals surface area (Å²) in [7, 11) is 3.02. The fraction of sp³-hybridized carbons (Fsp3) is 0.174. The average molecular weight is 415 g/mol.